The first-order chi connectivity index (χ1) is 19.5. The number of carbonyl (C=O) groups excluding carboxylic acids is 4. The average Bonchev–Trinajstić information content (AvgIpc) is 2.93. The van der Waals surface area contributed by atoms with Crippen LogP contribution in [0.25, 0.3) is 0 Å². The molecule has 5 N–H and O–H groups in total. The third-order valence-electron chi connectivity index (χ3n) is 6.69. The highest BCUT2D eigenvalue weighted by Crippen LogP contribution is 2.31. The van der Waals surface area contributed by atoms with Crippen LogP contribution >= 0.6 is 0 Å². The van der Waals surface area contributed by atoms with Gasteiger partial charge in [0.05, 0.1) is 17.1 Å². The van der Waals surface area contributed by atoms with E-state index in [-0.39, 0.29) is 37.4 Å². The minimum atomic E-state index is -1.92. The lowest BCUT2D eigenvalue weighted by molar-refractivity contribution is -0.153. The maximum absolute atomic E-state index is 15.0. The number of carboxylic acids is 1. The fourth-order valence-corrected chi connectivity index (χ4v) is 4.53. The summed E-state index contributed by atoms with van der Waals surface area (Å²) in [5.41, 5.74) is -0.862. The molecule has 5 amide bonds. The van der Waals surface area contributed by atoms with Gasteiger partial charge in [0.1, 0.15) is 29.4 Å². The van der Waals surface area contributed by atoms with E-state index in [2.05, 4.69) is 10.6 Å². The minimum absolute atomic E-state index is 0.0286. The van der Waals surface area contributed by atoms with Crippen molar-refractivity contribution in [2.24, 2.45) is 0 Å². The molecule has 0 radical (unpaired) electrons. The number of phenols is 1. The Balaban J connectivity index is 1.64. The quantitative estimate of drug-likeness (QED) is 0.227. The number of phenolic OH excluding ortho intramolecular Hbond substituents is 1. The van der Waals surface area contributed by atoms with Gasteiger partial charge in [0.15, 0.2) is 0 Å². The van der Waals surface area contributed by atoms with E-state index in [0.29, 0.717) is 16.5 Å². The second kappa shape index (κ2) is 11.5. The lowest BCUT2D eigenvalue weighted by Crippen LogP contribution is -2.60. The summed E-state index contributed by atoms with van der Waals surface area (Å²) in [5, 5.41) is 43.7. The molecule has 2 aliphatic rings. The van der Waals surface area contributed by atoms with Crippen LogP contribution in [0, 0.1) is 17.1 Å². The number of hydrogen-bond donors (Lipinski definition) is 5. The van der Waals surface area contributed by atoms with Crippen molar-refractivity contribution in [2.75, 3.05) is 19.6 Å². The molecule has 0 aromatic heterocycles. The van der Waals surface area contributed by atoms with Crippen LogP contribution in [-0.4, -0.2) is 87.5 Å². The number of aromatic carboxylic acids is 1. The molecule has 16 heteroatoms. The summed E-state index contributed by atoms with van der Waals surface area (Å²) in [4.78, 5) is 64.6. The van der Waals surface area contributed by atoms with Crippen LogP contribution in [0.2, 0.25) is 0 Å². The molecule has 4 rings (SSSR count). The van der Waals surface area contributed by atoms with Crippen LogP contribution < -0.4 is 15.3 Å². The number of para-hydroxylation sites is 1. The fourth-order valence-electron chi connectivity index (χ4n) is 4.53. The maximum atomic E-state index is 15.0. The standard InChI is InChI=1S/C25H23BFN5O9/c1-2-31-6-7-32(23(36)22(31)35)25(39)30-19(15-8-13(11-28)17(33)10-16(15)27)21(34)29-18-9-12-4-3-5-14(24(37)38)20(12)41-26(18)40/h3-5,8,10,18-19,33,40H,2,6-7,9H2,1H3,(H,29,34)(H,30,39)(H,37,38)/t18-,19?/m0/s1. The van der Waals surface area contributed by atoms with Gasteiger partial charge >= 0.3 is 30.9 Å². The lowest BCUT2D eigenvalue weighted by Gasteiger charge is -2.33. The van der Waals surface area contributed by atoms with Gasteiger partial charge in [0.2, 0.25) is 5.91 Å². The van der Waals surface area contributed by atoms with E-state index in [1.165, 1.54) is 23.1 Å². The van der Waals surface area contributed by atoms with Crippen molar-refractivity contribution in [3.8, 4) is 17.6 Å². The molecule has 0 saturated carbocycles. The fraction of sp³-hybridized carbons (Fsp3) is 0.280. The summed E-state index contributed by atoms with van der Waals surface area (Å²) >= 11 is 0. The summed E-state index contributed by atoms with van der Waals surface area (Å²) in [6, 6.07) is 4.13. The molecule has 0 spiro atoms. The summed E-state index contributed by atoms with van der Waals surface area (Å²) in [6.07, 6.45) is -0.114. The van der Waals surface area contributed by atoms with E-state index in [4.69, 9.17) is 4.65 Å². The van der Waals surface area contributed by atoms with Crippen LogP contribution in [0.3, 0.4) is 0 Å². The number of nitriles is 1. The van der Waals surface area contributed by atoms with E-state index in [9.17, 15) is 44.5 Å². The highest BCUT2D eigenvalue weighted by atomic mass is 19.1. The lowest BCUT2D eigenvalue weighted by atomic mass is 9.72. The minimum Gasteiger partial charge on any atom is -0.534 e. The number of benzene rings is 2. The Labute approximate surface area is 232 Å². The zero-order valence-corrected chi connectivity index (χ0v) is 21.5. The molecular formula is C25H23BFN5O9. The van der Waals surface area contributed by atoms with E-state index in [1.54, 1.807) is 13.0 Å². The molecule has 2 heterocycles. The Morgan fingerprint density at radius 2 is 1.98 bits per heavy atom. The zero-order valence-electron chi connectivity index (χ0n) is 21.5. The first-order valence-electron chi connectivity index (χ1n) is 12.3. The SMILES string of the molecule is CCN1CCN(C(=O)NC(C(=O)N[C@H]2Cc3cccc(C(=O)O)c3OB2O)c2cc(C#N)c(O)cc2F)C(=O)C1=O. The third kappa shape index (κ3) is 5.61. The van der Waals surface area contributed by atoms with Crippen molar-refractivity contribution >= 4 is 36.8 Å². The van der Waals surface area contributed by atoms with E-state index in [0.717, 1.165) is 6.07 Å². The molecule has 0 bridgehead atoms. The summed E-state index contributed by atoms with van der Waals surface area (Å²) in [7, 11) is -1.75. The van der Waals surface area contributed by atoms with Gasteiger partial charge in [-0.25, -0.2) is 14.0 Å². The molecule has 1 saturated heterocycles. The van der Waals surface area contributed by atoms with Gasteiger partial charge in [0.25, 0.3) is 0 Å². The first kappa shape index (κ1) is 28.8. The zero-order chi connectivity index (χ0) is 30.0. The molecular weight excluding hydrogens is 544 g/mol. The predicted molar refractivity (Wildman–Crippen MR) is 136 cm³/mol. The first-order valence-corrected chi connectivity index (χ1v) is 12.3. The number of fused-ring (bicyclic) bond motifs is 1. The monoisotopic (exact) mass is 567 g/mol. The van der Waals surface area contributed by atoms with E-state index < -0.39 is 71.5 Å². The van der Waals surface area contributed by atoms with E-state index >= 15 is 4.39 Å². The molecule has 2 atom stereocenters. The molecule has 1 fully saturated rings. The summed E-state index contributed by atoms with van der Waals surface area (Å²) in [5.74, 6) is -7.73. The number of carboxylic acid groups (broad SMARTS) is 1. The van der Waals surface area contributed by atoms with Crippen LogP contribution in [0.15, 0.2) is 30.3 Å². The van der Waals surface area contributed by atoms with Gasteiger partial charge in [0, 0.05) is 31.3 Å². The maximum Gasteiger partial charge on any atom is 0.547 e. The number of urea groups is 1. The van der Waals surface area contributed by atoms with E-state index in [1.807, 2.05) is 0 Å². The third-order valence-corrected chi connectivity index (χ3v) is 6.69. The van der Waals surface area contributed by atoms with Crippen molar-refractivity contribution in [1.82, 2.24) is 20.4 Å². The molecule has 41 heavy (non-hydrogen) atoms. The van der Waals surface area contributed by atoms with Crippen molar-refractivity contribution in [1.29, 1.82) is 5.26 Å². The predicted octanol–water partition coefficient (Wildman–Crippen LogP) is -0.318. The van der Waals surface area contributed by atoms with Crippen molar-refractivity contribution < 1.29 is 48.3 Å². The molecule has 1 unspecified atom stereocenters. The topological polar surface area (TPSA) is 210 Å². The molecule has 2 aliphatic heterocycles. The highest BCUT2D eigenvalue weighted by molar-refractivity contribution is 6.47. The Morgan fingerprint density at radius 1 is 1.24 bits per heavy atom. The smallest absolute Gasteiger partial charge is 0.534 e. The number of imide groups is 1. The summed E-state index contributed by atoms with van der Waals surface area (Å²) in [6.45, 7) is 1.69. The van der Waals surface area contributed by atoms with Crippen molar-refractivity contribution in [3.05, 3.63) is 58.4 Å². The van der Waals surface area contributed by atoms with Crippen LogP contribution in [-0.2, 0) is 20.8 Å². The van der Waals surface area contributed by atoms with Crippen molar-refractivity contribution in [2.45, 2.75) is 25.3 Å². The molecule has 2 aromatic rings. The molecule has 14 nitrogen and oxygen atoms in total. The number of halogens is 1. The number of carbonyl (C=O) groups is 5. The van der Waals surface area contributed by atoms with Crippen LogP contribution in [0.4, 0.5) is 9.18 Å². The van der Waals surface area contributed by atoms with Crippen LogP contribution in [0.5, 0.6) is 11.5 Å². The number of nitrogens with zero attached hydrogens (tertiary/aromatic N) is 3. The molecule has 0 aliphatic carbocycles. The molecule has 212 valence electrons. The second-order valence-electron chi connectivity index (χ2n) is 9.15. The normalized spacial score (nSPS) is 17.2. The van der Waals surface area contributed by atoms with Crippen molar-refractivity contribution in [3.63, 3.8) is 0 Å². The van der Waals surface area contributed by atoms with Gasteiger partial charge in [-0.3, -0.25) is 19.3 Å². The number of nitrogens with one attached hydrogen (secondary N) is 2. The second-order valence-corrected chi connectivity index (χ2v) is 9.15. The Hall–Kier alpha value is -5.17. The number of likely N-dealkylation sites (N-methyl/N-ethyl adjacent to an activating group) is 1. The molecule has 2 aromatic carbocycles. The number of aromatic hydroxyl groups is 1. The highest BCUT2D eigenvalue weighted by Gasteiger charge is 2.41. The van der Waals surface area contributed by atoms with Gasteiger partial charge < -0.3 is 35.4 Å². The van der Waals surface area contributed by atoms with Gasteiger partial charge in [-0.05, 0) is 31.0 Å². The average molecular weight is 567 g/mol. The largest absolute Gasteiger partial charge is 0.547 e. The number of hydrogen-bond acceptors (Lipinski definition) is 9. The van der Waals surface area contributed by atoms with Gasteiger partial charge in [-0.1, -0.05) is 12.1 Å². The van der Waals surface area contributed by atoms with Gasteiger partial charge in [-0.15, -0.1) is 0 Å². The Bertz CT molecular complexity index is 1500. The Morgan fingerprint density at radius 3 is 2.63 bits per heavy atom. The van der Waals surface area contributed by atoms with Crippen LogP contribution in [0.1, 0.15) is 40.0 Å². The van der Waals surface area contributed by atoms with Gasteiger partial charge in [-0.2, -0.15) is 5.26 Å². The number of rotatable bonds is 6. The Kier molecular flexibility index (Phi) is 8.10. The number of piperazine rings is 1. The number of amides is 5. The summed E-state index contributed by atoms with van der Waals surface area (Å²) < 4.78 is 20.4.